The van der Waals surface area contributed by atoms with Gasteiger partial charge in [0.2, 0.25) is 0 Å². The summed E-state index contributed by atoms with van der Waals surface area (Å²) in [7, 11) is 1.64. The number of hydrogen-bond acceptors (Lipinski definition) is 3. The molecule has 2 aliphatic rings. The number of rotatable bonds is 3. The Kier molecular flexibility index (Phi) is 4.18. The summed E-state index contributed by atoms with van der Waals surface area (Å²) in [6, 6.07) is 6.11. The molecule has 5 nitrogen and oxygen atoms in total. The maximum absolute atomic E-state index is 12.0. The molecular formula is C16H22N2O3. The Hall–Kier alpha value is -1.91. The summed E-state index contributed by atoms with van der Waals surface area (Å²) >= 11 is 0. The van der Waals surface area contributed by atoms with Crippen LogP contribution in [0.15, 0.2) is 18.2 Å². The number of amides is 2. The Labute approximate surface area is 125 Å². The Morgan fingerprint density at radius 1 is 1.24 bits per heavy atom. The minimum Gasteiger partial charge on any atom is -0.493 e. The molecule has 3 rings (SSSR count). The third kappa shape index (κ3) is 3.23. The van der Waals surface area contributed by atoms with Crippen molar-refractivity contribution in [2.75, 3.05) is 13.7 Å². The van der Waals surface area contributed by atoms with E-state index < -0.39 is 0 Å². The number of methoxy groups -OCH3 is 1. The lowest BCUT2D eigenvalue weighted by Crippen LogP contribution is -2.49. The first-order valence-electron chi connectivity index (χ1n) is 7.62. The molecular weight excluding hydrogens is 268 g/mol. The summed E-state index contributed by atoms with van der Waals surface area (Å²) in [5.41, 5.74) is 1.08. The molecule has 0 saturated heterocycles. The van der Waals surface area contributed by atoms with E-state index >= 15 is 0 Å². The third-order valence-corrected chi connectivity index (χ3v) is 4.20. The van der Waals surface area contributed by atoms with Crippen LogP contribution in [-0.4, -0.2) is 31.8 Å². The first kappa shape index (κ1) is 14.0. The van der Waals surface area contributed by atoms with Gasteiger partial charge in [0.15, 0.2) is 11.5 Å². The molecule has 1 atom stereocenters. The predicted molar refractivity (Wildman–Crippen MR) is 79.9 cm³/mol. The zero-order valence-electron chi connectivity index (χ0n) is 12.4. The number of para-hydroxylation sites is 1. The Morgan fingerprint density at radius 3 is 2.76 bits per heavy atom. The van der Waals surface area contributed by atoms with Crippen LogP contribution in [0.1, 0.15) is 31.2 Å². The number of hydrogen-bond donors (Lipinski definition) is 2. The zero-order chi connectivity index (χ0) is 14.7. The smallest absolute Gasteiger partial charge is 0.315 e. The van der Waals surface area contributed by atoms with Crippen molar-refractivity contribution in [3.63, 3.8) is 0 Å². The standard InChI is InChI=1S/C16H22N2O3/c1-20-14-8-4-5-11-9-13(10-21-15(11)14)18-16(19)17-12-6-2-3-7-12/h4-5,8,12-13H,2-3,6-7,9-10H2,1H3,(H2,17,18,19)/t13-/m0/s1. The number of carbonyl (C=O) groups is 1. The van der Waals surface area contributed by atoms with Crippen LogP contribution in [0, 0.1) is 0 Å². The van der Waals surface area contributed by atoms with E-state index in [-0.39, 0.29) is 12.1 Å². The highest BCUT2D eigenvalue weighted by atomic mass is 16.5. The van der Waals surface area contributed by atoms with E-state index in [4.69, 9.17) is 9.47 Å². The summed E-state index contributed by atoms with van der Waals surface area (Å²) in [5, 5.41) is 6.05. The van der Waals surface area contributed by atoms with Gasteiger partial charge in [-0.25, -0.2) is 4.79 Å². The quantitative estimate of drug-likeness (QED) is 0.897. The van der Waals surface area contributed by atoms with Gasteiger partial charge in [0.25, 0.3) is 0 Å². The Bertz CT molecular complexity index is 512. The van der Waals surface area contributed by atoms with Gasteiger partial charge in [-0.15, -0.1) is 0 Å². The van der Waals surface area contributed by atoms with Gasteiger partial charge in [-0.1, -0.05) is 25.0 Å². The van der Waals surface area contributed by atoms with E-state index in [1.165, 1.54) is 12.8 Å². The Morgan fingerprint density at radius 2 is 2.00 bits per heavy atom. The molecule has 2 N–H and O–H groups in total. The molecule has 1 aromatic rings. The monoisotopic (exact) mass is 290 g/mol. The van der Waals surface area contributed by atoms with Crippen LogP contribution in [0.2, 0.25) is 0 Å². The molecule has 1 aliphatic heterocycles. The molecule has 0 aromatic heterocycles. The second kappa shape index (κ2) is 6.24. The topological polar surface area (TPSA) is 59.6 Å². The van der Waals surface area contributed by atoms with Crippen molar-refractivity contribution in [3.05, 3.63) is 23.8 Å². The van der Waals surface area contributed by atoms with Gasteiger partial charge >= 0.3 is 6.03 Å². The molecule has 1 aromatic carbocycles. The zero-order valence-corrected chi connectivity index (χ0v) is 12.4. The average Bonchev–Trinajstić information content (AvgIpc) is 2.99. The number of nitrogens with one attached hydrogen (secondary N) is 2. The van der Waals surface area contributed by atoms with Crippen molar-refractivity contribution in [3.8, 4) is 11.5 Å². The van der Waals surface area contributed by atoms with Crippen LogP contribution in [0.5, 0.6) is 11.5 Å². The van der Waals surface area contributed by atoms with Gasteiger partial charge < -0.3 is 20.1 Å². The molecule has 1 fully saturated rings. The highest BCUT2D eigenvalue weighted by molar-refractivity contribution is 5.74. The number of urea groups is 1. The number of ether oxygens (including phenoxy) is 2. The van der Waals surface area contributed by atoms with E-state index in [0.717, 1.165) is 36.3 Å². The SMILES string of the molecule is COc1cccc2c1OC[C@@H](NC(=O)NC1CCCC1)C2. The fourth-order valence-corrected chi connectivity index (χ4v) is 3.13. The maximum atomic E-state index is 12.0. The van der Waals surface area contributed by atoms with Gasteiger partial charge in [-0.3, -0.25) is 0 Å². The van der Waals surface area contributed by atoms with Gasteiger partial charge in [0, 0.05) is 11.6 Å². The summed E-state index contributed by atoms with van der Waals surface area (Å²) in [4.78, 5) is 12.0. The van der Waals surface area contributed by atoms with Crippen molar-refractivity contribution >= 4 is 6.03 Å². The molecule has 0 bridgehead atoms. The highest BCUT2D eigenvalue weighted by Gasteiger charge is 2.25. The average molecular weight is 290 g/mol. The number of fused-ring (bicyclic) bond motifs is 1. The van der Waals surface area contributed by atoms with E-state index in [1.807, 2.05) is 18.2 Å². The van der Waals surface area contributed by atoms with Crippen LogP contribution >= 0.6 is 0 Å². The summed E-state index contributed by atoms with van der Waals surface area (Å²) in [6.45, 7) is 0.478. The van der Waals surface area contributed by atoms with Crippen LogP contribution in [-0.2, 0) is 6.42 Å². The van der Waals surface area contributed by atoms with Crippen LogP contribution in [0.4, 0.5) is 4.79 Å². The molecule has 2 amide bonds. The fourth-order valence-electron chi connectivity index (χ4n) is 3.13. The molecule has 5 heteroatoms. The van der Waals surface area contributed by atoms with Crippen molar-refractivity contribution in [2.24, 2.45) is 0 Å². The summed E-state index contributed by atoms with van der Waals surface area (Å²) in [5.74, 6) is 1.55. The molecule has 114 valence electrons. The van der Waals surface area contributed by atoms with Crippen LogP contribution in [0.3, 0.4) is 0 Å². The fraction of sp³-hybridized carbons (Fsp3) is 0.562. The van der Waals surface area contributed by atoms with Crippen molar-refractivity contribution in [2.45, 2.75) is 44.2 Å². The van der Waals surface area contributed by atoms with Gasteiger partial charge in [-0.2, -0.15) is 0 Å². The minimum atomic E-state index is -0.0816. The van der Waals surface area contributed by atoms with Crippen molar-refractivity contribution < 1.29 is 14.3 Å². The lowest BCUT2D eigenvalue weighted by Gasteiger charge is -2.27. The molecule has 1 aliphatic carbocycles. The first-order valence-corrected chi connectivity index (χ1v) is 7.62. The van der Waals surface area contributed by atoms with Crippen molar-refractivity contribution in [1.82, 2.24) is 10.6 Å². The highest BCUT2D eigenvalue weighted by Crippen LogP contribution is 2.34. The Balaban J connectivity index is 1.57. The molecule has 0 unspecified atom stereocenters. The lowest BCUT2D eigenvalue weighted by molar-refractivity contribution is 0.208. The molecule has 0 spiro atoms. The third-order valence-electron chi connectivity index (χ3n) is 4.20. The van der Waals surface area contributed by atoms with Gasteiger partial charge in [-0.05, 0) is 25.3 Å². The van der Waals surface area contributed by atoms with E-state index in [1.54, 1.807) is 7.11 Å². The van der Waals surface area contributed by atoms with E-state index in [9.17, 15) is 4.79 Å². The summed E-state index contributed by atoms with van der Waals surface area (Å²) in [6.07, 6.45) is 5.38. The second-order valence-corrected chi connectivity index (χ2v) is 5.76. The van der Waals surface area contributed by atoms with Crippen LogP contribution < -0.4 is 20.1 Å². The van der Waals surface area contributed by atoms with Crippen molar-refractivity contribution in [1.29, 1.82) is 0 Å². The molecule has 0 radical (unpaired) electrons. The first-order chi connectivity index (χ1) is 10.3. The lowest BCUT2D eigenvalue weighted by atomic mass is 10.0. The summed E-state index contributed by atoms with van der Waals surface area (Å²) < 4.78 is 11.1. The maximum Gasteiger partial charge on any atom is 0.315 e. The van der Waals surface area contributed by atoms with E-state index in [0.29, 0.717) is 12.6 Å². The van der Waals surface area contributed by atoms with E-state index in [2.05, 4.69) is 10.6 Å². The predicted octanol–water partition coefficient (Wildman–Crippen LogP) is 2.24. The largest absolute Gasteiger partial charge is 0.493 e. The minimum absolute atomic E-state index is 0.00556. The van der Waals surface area contributed by atoms with Gasteiger partial charge in [0.05, 0.1) is 13.2 Å². The normalized spacial score (nSPS) is 21.3. The number of carbonyl (C=O) groups excluding carboxylic acids is 1. The van der Waals surface area contributed by atoms with Crippen LogP contribution in [0.25, 0.3) is 0 Å². The molecule has 21 heavy (non-hydrogen) atoms. The molecule has 1 heterocycles. The number of benzene rings is 1. The molecule has 1 saturated carbocycles. The van der Waals surface area contributed by atoms with Gasteiger partial charge in [0.1, 0.15) is 6.61 Å². The second-order valence-electron chi connectivity index (χ2n) is 5.76.